The number of hydrogen-bond donors (Lipinski definition) is 1. The minimum atomic E-state index is -1.55. The summed E-state index contributed by atoms with van der Waals surface area (Å²) in [6.07, 6.45) is 2.57. The maximum absolute atomic E-state index is 10.9. The second kappa shape index (κ2) is 20.4. The predicted octanol–water partition coefficient (Wildman–Crippen LogP) is 11.3. The molecule has 0 atom stereocenters. The lowest BCUT2D eigenvalue weighted by atomic mass is 9.69. The molecule has 1 amide bonds. The van der Waals surface area contributed by atoms with Gasteiger partial charge in [-0.25, -0.2) is 0 Å². The van der Waals surface area contributed by atoms with Crippen LogP contribution in [0.3, 0.4) is 0 Å². The number of carbonyl (C=O) groups is 2. The Morgan fingerprint density at radius 2 is 1.17 bits per heavy atom. The molecule has 1 N–H and O–H groups in total. The fraction of sp³-hybridized carbons (Fsp3) is 0.391. The molecule has 0 spiro atoms. The van der Waals surface area contributed by atoms with E-state index in [1.807, 2.05) is 0 Å². The minimum Gasteiger partial charge on any atom is -0.455 e. The second-order valence-corrected chi connectivity index (χ2v) is 24.8. The van der Waals surface area contributed by atoms with Crippen molar-refractivity contribution in [3.05, 3.63) is 154 Å². The summed E-state index contributed by atoms with van der Waals surface area (Å²) in [4.78, 5) is 21.2. The fourth-order valence-electron chi connectivity index (χ4n) is 6.62. The molecule has 0 aliphatic heterocycles. The van der Waals surface area contributed by atoms with Crippen LogP contribution < -0.4 is 5.32 Å². The number of benzene rings is 4. The van der Waals surface area contributed by atoms with Crippen molar-refractivity contribution in [2.24, 2.45) is 0 Å². The second-order valence-electron chi connectivity index (χ2n) is 15.9. The van der Waals surface area contributed by atoms with Crippen LogP contribution in [0.15, 0.2) is 109 Å². The highest BCUT2D eigenvalue weighted by Crippen LogP contribution is 2.40. The monoisotopic (exact) mass is 735 g/mol. The van der Waals surface area contributed by atoms with E-state index in [1.54, 1.807) is 6.92 Å². The van der Waals surface area contributed by atoms with Crippen LogP contribution in [0.4, 0.5) is 0 Å². The Balaban J connectivity index is 0.000000247. The molecule has 280 valence electrons. The molecule has 6 heteroatoms. The van der Waals surface area contributed by atoms with Gasteiger partial charge in [0.2, 0.25) is 5.91 Å². The molecule has 0 heterocycles. The first-order valence-electron chi connectivity index (χ1n) is 18.7. The normalized spacial score (nSPS) is 12.5. The third-order valence-electron chi connectivity index (χ3n) is 9.07. The van der Waals surface area contributed by atoms with Crippen molar-refractivity contribution in [1.82, 2.24) is 5.32 Å². The van der Waals surface area contributed by atoms with Crippen LogP contribution in [0, 0.1) is 13.8 Å². The van der Waals surface area contributed by atoms with Gasteiger partial charge in [0, 0.05) is 25.3 Å². The Hall–Kier alpha value is -3.85. The molecule has 0 bridgehead atoms. The van der Waals surface area contributed by atoms with Crippen molar-refractivity contribution in [1.29, 1.82) is 0 Å². The SMILES string of the molecule is C=C(C)C(=O)CCNC(C)=O.CC1(C)c2ccccc2Cc2ccccc21.CCc1ccccc1C.Cc1ccccc1C[Si](C)(C)O[Si](C)(C)C. The highest BCUT2D eigenvalue weighted by atomic mass is 28.4. The molecule has 5 rings (SSSR count). The van der Waals surface area contributed by atoms with Gasteiger partial charge in [0.15, 0.2) is 22.4 Å². The molecule has 1 aliphatic carbocycles. The summed E-state index contributed by atoms with van der Waals surface area (Å²) in [5.41, 5.74) is 12.3. The topological polar surface area (TPSA) is 55.4 Å². The van der Waals surface area contributed by atoms with Gasteiger partial charge in [-0.05, 0) is 122 Å². The molecular formula is C46H65NO3Si2. The van der Waals surface area contributed by atoms with E-state index in [9.17, 15) is 9.59 Å². The van der Waals surface area contributed by atoms with Gasteiger partial charge in [-0.15, -0.1) is 0 Å². The van der Waals surface area contributed by atoms with Crippen LogP contribution in [0.5, 0.6) is 0 Å². The molecule has 4 aromatic carbocycles. The van der Waals surface area contributed by atoms with Gasteiger partial charge in [0.25, 0.3) is 0 Å². The molecule has 0 saturated heterocycles. The first-order valence-corrected chi connectivity index (χ1v) is 25.2. The van der Waals surface area contributed by atoms with Crippen molar-refractivity contribution < 1.29 is 13.7 Å². The zero-order valence-electron chi connectivity index (χ0n) is 34.2. The summed E-state index contributed by atoms with van der Waals surface area (Å²) in [7, 11) is -2.95. The van der Waals surface area contributed by atoms with Crippen LogP contribution in [0.25, 0.3) is 0 Å². The summed E-state index contributed by atoms with van der Waals surface area (Å²) < 4.78 is 6.36. The molecule has 4 aromatic rings. The largest absolute Gasteiger partial charge is 0.455 e. The fourth-order valence-corrected chi connectivity index (χ4v) is 14.9. The average molecular weight is 736 g/mol. The predicted molar refractivity (Wildman–Crippen MR) is 228 cm³/mol. The lowest BCUT2D eigenvalue weighted by Gasteiger charge is -2.35. The van der Waals surface area contributed by atoms with Gasteiger partial charge in [-0.2, -0.15) is 0 Å². The minimum absolute atomic E-state index is 0.00116. The van der Waals surface area contributed by atoms with E-state index in [0.29, 0.717) is 18.5 Å². The Morgan fingerprint density at radius 1 is 0.731 bits per heavy atom. The van der Waals surface area contributed by atoms with Gasteiger partial charge in [-0.1, -0.05) is 124 Å². The summed E-state index contributed by atoms with van der Waals surface area (Å²) in [5.74, 6) is -0.113. The summed E-state index contributed by atoms with van der Waals surface area (Å²) >= 11 is 0. The molecule has 1 aliphatic rings. The lowest BCUT2D eigenvalue weighted by Crippen LogP contribution is -2.44. The standard InChI is InChI=1S/C16H16.C13H24OSi2.C9H12.C8H13NO2/c1-16(2)14-9-5-3-7-12(14)11-13-8-4-6-10-15(13)16;1-12-9-7-8-10-13(12)11-16(5,6)14-15(2,3)4;1-3-9-7-5-4-6-8(9)2;1-6(2)8(11)4-5-9-7(3)10/h3-10H,11H2,1-2H3;7-10H,11H2,1-6H3;4-7H,3H2,1-2H3;1,4-5H2,2-3H3,(H,9,10). The number of hydrogen-bond acceptors (Lipinski definition) is 3. The first-order chi connectivity index (χ1) is 24.3. The molecule has 0 saturated carbocycles. The Kier molecular flexibility index (Phi) is 17.4. The maximum Gasteiger partial charge on any atom is 0.216 e. The number of aryl methyl sites for hydroxylation is 3. The zero-order chi connectivity index (χ0) is 39.1. The Labute approximate surface area is 318 Å². The van der Waals surface area contributed by atoms with E-state index >= 15 is 0 Å². The number of allylic oxidation sites excluding steroid dienone is 1. The lowest BCUT2D eigenvalue weighted by molar-refractivity contribution is -0.119. The van der Waals surface area contributed by atoms with E-state index in [4.69, 9.17) is 4.12 Å². The van der Waals surface area contributed by atoms with Crippen LogP contribution in [-0.4, -0.2) is 34.9 Å². The van der Waals surface area contributed by atoms with Crippen LogP contribution in [0.1, 0.15) is 85.5 Å². The summed E-state index contributed by atoms with van der Waals surface area (Å²) in [5, 5.41) is 2.53. The number of amides is 1. The van der Waals surface area contributed by atoms with Gasteiger partial charge in [0.05, 0.1) is 0 Å². The van der Waals surface area contributed by atoms with Crippen molar-refractivity contribution in [2.75, 3.05) is 6.54 Å². The van der Waals surface area contributed by atoms with E-state index < -0.39 is 16.6 Å². The molecule has 4 nitrogen and oxygen atoms in total. The van der Waals surface area contributed by atoms with Crippen molar-refractivity contribution in [3.63, 3.8) is 0 Å². The smallest absolute Gasteiger partial charge is 0.216 e. The Bertz CT molecular complexity index is 1720. The number of rotatable bonds is 9. The third-order valence-corrected chi connectivity index (χ3v) is 15.0. The molecule has 0 radical (unpaired) electrons. The number of Topliss-reactive ketones (excluding diaryl/α,β-unsaturated/α-hetero) is 1. The molecule has 0 aromatic heterocycles. The van der Waals surface area contributed by atoms with Crippen molar-refractivity contribution >= 4 is 28.3 Å². The van der Waals surface area contributed by atoms with Gasteiger partial charge in [0.1, 0.15) is 0 Å². The van der Waals surface area contributed by atoms with E-state index in [2.05, 4.69) is 176 Å². The molecule has 52 heavy (non-hydrogen) atoms. The molecule has 0 unspecified atom stereocenters. The van der Waals surface area contributed by atoms with Crippen molar-refractivity contribution in [2.45, 2.75) is 112 Å². The van der Waals surface area contributed by atoms with Gasteiger partial charge in [-0.3, -0.25) is 9.59 Å². The van der Waals surface area contributed by atoms with E-state index in [-0.39, 0.29) is 17.1 Å². The van der Waals surface area contributed by atoms with Gasteiger partial charge < -0.3 is 9.43 Å². The molecular weight excluding hydrogens is 671 g/mol. The Morgan fingerprint density at radius 3 is 1.58 bits per heavy atom. The maximum atomic E-state index is 10.9. The summed E-state index contributed by atoms with van der Waals surface area (Å²) in [6, 6.07) is 35.9. The van der Waals surface area contributed by atoms with Gasteiger partial charge >= 0.3 is 0 Å². The third kappa shape index (κ3) is 15.0. The highest BCUT2D eigenvalue weighted by Gasteiger charge is 2.32. The van der Waals surface area contributed by atoms with Crippen LogP contribution in [-0.2, 0) is 38.0 Å². The first kappa shape index (κ1) is 44.3. The summed E-state index contributed by atoms with van der Waals surface area (Å²) in [6.45, 7) is 29.6. The van der Waals surface area contributed by atoms with Crippen LogP contribution >= 0.6 is 0 Å². The highest BCUT2D eigenvalue weighted by molar-refractivity contribution is 6.84. The van der Waals surface area contributed by atoms with Crippen molar-refractivity contribution in [3.8, 4) is 0 Å². The zero-order valence-corrected chi connectivity index (χ0v) is 36.2. The number of fused-ring (bicyclic) bond motifs is 2. The number of carbonyl (C=O) groups excluding carboxylic acids is 2. The average Bonchev–Trinajstić information content (AvgIpc) is 3.06. The van der Waals surface area contributed by atoms with E-state index in [1.165, 1.54) is 51.4 Å². The van der Waals surface area contributed by atoms with E-state index in [0.717, 1.165) is 18.9 Å². The quantitative estimate of drug-likeness (QED) is 0.138. The van der Waals surface area contributed by atoms with Crippen LogP contribution in [0.2, 0.25) is 32.7 Å². The molecule has 0 fully saturated rings. The number of nitrogens with one attached hydrogen (secondary N) is 1. The number of ketones is 1.